The van der Waals surface area contributed by atoms with Gasteiger partial charge in [-0.25, -0.2) is 24.9 Å². The summed E-state index contributed by atoms with van der Waals surface area (Å²) in [6.07, 6.45) is 5.51. The fourth-order valence-electron chi connectivity index (χ4n) is 4.46. The zero-order valence-corrected chi connectivity index (χ0v) is 20.2. The van der Waals surface area contributed by atoms with Crippen LogP contribution in [0.5, 0.6) is 11.6 Å². The molecule has 35 heavy (non-hydrogen) atoms. The Morgan fingerprint density at radius 3 is 2.66 bits per heavy atom. The predicted octanol–water partition coefficient (Wildman–Crippen LogP) is 3.77. The maximum Gasteiger partial charge on any atom is 0.227 e. The summed E-state index contributed by atoms with van der Waals surface area (Å²) in [6.45, 7) is 6.79. The summed E-state index contributed by atoms with van der Waals surface area (Å²) in [6, 6.07) is 8.36. The molecule has 1 aliphatic carbocycles. The number of benzene rings is 1. The van der Waals surface area contributed by atoms with Gasteiger partial charge in [0.05, 0.1) is 32.1 Å². The van der Waals surface area contributed by atoms with E-state index in [1.54, 1.807) is 19.6 Å². The quantitative estimate of drug-likeness (QED) is 0.535. The fraction of sp³-hybridized carbons (Fsp3) is 0.423. The summed E-state index contributed by atoms with van der Waals surface area (Å²) >= 11 is 0. The molecule has 2 aromatic heterocycles. The molecule has 1 aromatic carbocycles. The van der Waals surface area contributed by atoms with E-state index in [0.717, 1.165) is 42.0 Å². The van der Waals surface area contributed by atoms with Gasteiger partial charge in [-0.15, -0.1) is 0 Å². The van der Waals surface area contributed by atoms with Crippen LogP contribution >= 0.6 is 0 Å². The van der Waals surface area contributed by atoms with Gasteiger partial charge in [-0.3, -0.25) is 0 Å². The number of nitrogens with zero attached hydrogens (tertiary/aromatic N) is 6. The molecule has 3 aromatic rings. The average Bonchev–Trinajstić information content (AvgIpc) is 3.66. The Hall–Kier alpha value is -3.75. The summed E-state index contributed by atoms with van der Waals surface area (Å²) in [5.41, 5.74) is 3.65. The molecule has 0 amide bonds. The fourth-order valence-corrected chi connectivity index (χ4v) is 4.46. The van der Waals surface area contributed by atoms with Crippen molar-refractivity contribution in [3.8, 4) is 23.0 Å². The molecule has 9 nitrogen and oxygen atoms in total. The molecule has 0 spiro atoms. The second kappa shape index (κ2) is 8.48. The second-order valence-corrected chi connectivity index (χ2v) is 9.75. The van der Waals surface area contributed by atoms with E-state index in [1.807, 2.05) is 0 Å². The summed E-state index contributed by atoms with van der Waals surface area (Å²) in [5, 5.41) is 0. The van der Waals surface area contributed by atoms with Gasteiger partial charge in [0, 0.05) is 18.0 Å². The van der Waals surface area contributed by atoms with Gasteiger partial charge in [-0.2, -0.15) is 0 Å². The first-order valence-electron chi connectivity index (χ1n) is 12.0. The Kier molecular flexibility index (Phi) is 5.27. The van der Waals surface area contributed by atoms with Gasteiger partial charge in [-0.1, -0.05) is 12.1 Å². The SMILES string of the molecule is COc1ncnc(C2CC2)c1-c1ncc2c(n1)N(Cc1ccc(C3=NCC(C)(C)O3)cc1)CCO2. The minimum Gasteiger partial charge on any atom is -0.486 e. The topological polar surface area (TPSA) is 94.9 Å². The van der Waals surface area contributed by atoms with Crippen LogP contribution in [0.25, 0.3) is 11.4 Å². The van der Waals surface area contributed by atoms with Gasteiger partial charge >= 0.3 is 0 Å². The summed E-state index contributed by atoms with van der Waals surface area (Å²) in [4.78, 5) is 25.1. The van der Waals surface area contributed by atoms with E-state index in [2.05, 4.69) is 63.0 Å². The van der Waals surface area contributed by atoms with Crippen molar-refractivity contribution in [2.45, 2.75) is 44.8 Å². The highest BCUT2D eigenvalue weighted by Gasteiger charge is 2.32. The molecule has 4 heterocycles. The normalized spacial score (nSPS) is 18.4. The van der Waals surface area contributed by atoms with Crippen molar-refractivity contribution >= 4 is 11.7 Å². The molecular weight excluding hydrogens is 444 g/mol. The van der Waals surface area contributed by atoms with Crippen LogP contribution < -0.4 is 14.4 Å². The summed E-state index contributed by atoms with van der Waals surface area (Å²) < 4.78 is 17.4. The van der Waals surface area contributed by atoms with Gasteiger partial charge in [0.2, 0.25) is 11.8 Å². The molecular formula is C26H28N6O3. The Labute approximate surface area is 204 Å². The van der Waals surface area contributed by atoms with Crippen molar-refractivity contribution in [2.24, 2.45) is 4.99 Å². The van der Waals surface area contributed by atoms with Crippen molar-refractivity contribution in [2.75, 3.05) is 31.7 Å². The van der Waals surface area contributed by atoms with Gasteiger partial charge in [-0.05, 0) is 44.4 Å². The molecule has 2 aliphatic heterocycles. The van der Waals surface area contributed by atoms with E-state index in [0.29, 0.717) is 49.0 Å². The molecule has 0 atom stereocenters. The Morgan fingerprint density at radius 1 is 1.11 bits per heavy atom. The van der Waals surface area contributed by atoms with E-state index < -0.39 is 0 Å². The number of methoxy groups -OCH3 is 1. The third kappa shape index (κ3) is 4.26. The van der Waals surface area contributed by atoms with E-state index in [1.165, 1.54) is 5.56 Å². The monoisotopic (exact) mass is 472 g/mol. The standard InChI is InChI=1S/C26H28N6O3/c1-26(2)14-28-24(35-26)18-6-4-16(5-7-18)13-32-10-11-34-19-12-27-22(31-23(19)32)20-21(17-8-9-17)29-15-30-25(20)33-3/h4-7,12,15,17H,8-11,13-14H2,1-3H3. The molecule has 3 aliphatic rings. The number of hydrogen-bond donors (Lipinski definition) is 0. The number of ether oxygens (including phenoxy) is 3. The van der Waals surface area contributed by atoms with Crippen molar-refractivity contribution in [3.05, 3.63) is 53.6 Å². The molecule has 6 rings (SSSR count). The molecule has 1 fully saturated rings. The van der Waals surface area contributed by atoms with Gasteiger partial charge < -0.3 is 19.1 Å². The van der Waals surface area contributed by atoms with Crippen LogP contribution in [0, 0.1) is 0 Å². The Balaban J connectivity index is 1.28. The highest BCUT2D eigenvalue weighted by atomic mass is 16.5. The van der Waals surface area contributed by atoms with Crippen LogP contribution in [-0.2, 0) is 11.3 Å². The molecule has 0 saturated heterocycles. The van der Waals surface area contributed by atoms with Gasteiger partial charge in [0.25, 0.3) is 0 Å². The summed E-state index contributed by atoms with van der Waals surface area (Å²) in [7, 11) is 1.61. The van der Waals surface area contributed by atoms with Crippen molar-refractivity contribution in [1.29, 1.82) is 0 Å². The first kappa shape index (κ1) is 21.8. The zero-order chi connectivity index (χ0) is 24.0. The molecule has 9 heteroatoms. The number of hydrogen-bond acceptors (Lipinski definition) is 9. The van der Waals surface area contributed by atoms with Crippen LogP contribution in [0.1, 0.15) is 49.4 Å². The molecule has 0 radical (unpaired) electrons. The van der Waals surface area contributed by atoms with Crippen LogP contribution in [0.4, 0.5) is 5.82 Å². The highest BCUT2D eigenvalue weighted by molar-refractivity contribution is 5.95. The average molecular weight is 473 g/mol. The summed E-state index contributed by atoms with van der Waals surface area (Å²) in [5.74, 6) is 3.63. The van der Waals surface area contributed by atoms with Crippen molar-refractivity contribution in [3.63, 3.8) is 0 Å². The van der Waals surface area contributed by atoms with Crippen LogP contribution in [0.3, 0.4) is 0 Å². The minimum absolute atomic E-state index is 0.241. The number of anilines is 1. The first-order valence-corrected chi connectivity index (χ1v) is 12.0. The lowest BCUT2D eigenvalue weighted by Gasteiger charge is -2.30. The van der Waals surface area contributed by atoms with E-state index in [-0.39, 0.29) is 5.60 Å². The van der Waals surface area contributed by atoms with Crippen molar-refractivity contribution in [1.82, 2.24) is 19.9 Å². The highest BCUT2D eigenvalue weighted by Crippen LogP contribution is 2.45. The first-order chi connectivity index (χ1) is 17.0. The molecule has 0 unspecified atom stereocenters. The van der Waals surface area contributed by atoms with Gasteiger partial charge in [0.15, 0.2) is 17.4 Å². The van der Waals surface area contributed by atoms with Crippen LogP contribution in [-0.4, -0.2) is 58.2 Å². The van der Waals surface area contributed by atoms with Crippen LogP contribution in [0.15, 0.2) is 41.8 Å². The number of fused-ring (bicyclic) bond motifs is 1. The zero-order valence-electron chi connectivity index (χ0n) is 20.2. The number of aliphatic imine (C=N–C) groups is 1. The Morgan fingerprint density at radius 2 is 1.94 bits per heavy atom. The third-order valence-electron chi connectivity index (χ3n) is 6.43. The van der Waals surface area contributed by atoms with Crippen molar-refractivity contribution < 1.29 is 14.2 Å². The predicted molar refractivity (Wildman–Crippen MR) is 131 cm³/mol. The van der Waals surface area contributed by atoms with Crippen LogP contribution in [0.2, 0.25) is 0 Å². The second-order valence-electron chi connectivity index (χ2n) is 9.75. The van der Waals surface area contributed by atoms with E-state index in [9.17, 15) is 0 Å². The number of aromatic nitrogens is 4. The molecule has 0 bridgehead atoms. The smallest absolute Gasteiger partial charge is 0.227 e. The maximum absolute atomic E-state index is 5.96. The lowest BCUT2D eigenvalue weighted by molar-refractivity contribution is 0.131. The molecule has 180 valence electrons. The largest absolute Gasteiger partial charge is 0.486 e. The van der Waals surface area contributed by atoms with E-state index >= 15 is 0 Å². The third-order valence-corrected chi connectivity index (χ3v) is 6.43. The molecule has 0 N–H and O–H groups in total. The van der Waals surface area contributed by atoms with E-state index in [4.69, 9.17) is 19.2 Å². The van der Waals surface area contributed by atoms with Gasteiger partial charge in [0.1, 0.15) is 24.1 Å². The number of rotatable bonds is 6. The molecule has 1 saturated carbocycles. The Bertz CT molecular complexity index is 1290. The minimum atomic E-state index is -0.241. The lowest BCUT2D eigenvalue weighted by Crippen LogP contribution is -2.33. The lowest BCUT2D eigenvalue weighted by atomic mass is 10.1. The maximum atomic E-state index is 5.96.